The number of carbonyl (C=O) groups is 7. The summed E-state index contributed by atoms with van der Waals surface area (Å²) in [4.78, 5) is 96.6. The molecule has 0 aliphatic carbocycles. The van der Waals surface area contributed by atoms with Crippen molar-refractivity contribution in [3.63, 3.8) is 0 Å². The molecular weight excluding hydrogens is 837 g/mol. The molecule has 14 heteroatoms. The van der Waals surface area contributed by atoms with Crippen LogP contribution in [-0.4, -0.2) is 88.0 Å². The van der Waals surface area contributed by atoms with Crippen molar-refractivity contribution in [2.75, 3.05) is 46.2 Å². The second-order valence-electron chi connectivity index (χ2n) is 17.6. The van der Waals surface area contributed by atoms with Gasteiger partial charge in [0.25, 0.3) is 0 Å². The van der Waals surface area contributed by atoms with Gasteiger partial charge in [-0.2, -0.15) is 0 Å². The molecule has 0 radical (unpaired) electrons. The summed E-state index contributed by atoms with van der Waals surface area (Å²) in [5, 5.41) is 0. The number of unbranched alkanes of at least 4 members (excludes halogenated alkanes) is 7. The zero-order chi connectivity index (χ0) is 48.8. The van der Waals surface area contributed by atoms with Crippen molar-refractivity contribution >= 4 is 41.8 Å². The van der Waals surface area contributed by atoms with Crippen LogP contribution < -0.4 is 0 Å². The third-order valence-electron chi connectivity index (χ3n) is 11.6. The Labute approximate surface area is 392 Å². The van der Waals surface area contributed by atoms with E-state index in [4.69, 9.17) is 33.2 Å². The molecule has 0 bridgehead atoms. The van der Waals surface area contributed by atoms with E-state index in [9.17, 15) is 33.6 Å². The molecule has 0 saturated heterocycles. The maximum Gasteiger partial charge on any atom is 0.308 e. The predicted octanol–water partition coefficient (Wildman–Crippen LogP) is 10.5. The molecule has 0 aromatic heterocycles. The van der Waals surface area contributed by atoms with Crippen LogP contribution in [0.25, 0.3) is 0 Å². The molecule has 14 nitrogen and oxygen atoms in total. The van der Waals surface area contributed by atoms with Crippen molar-refractivity contribution < 1.29 is 66.7 Å². The van der Waals surface area contributed by atoms with Gasteiger partial charge in [-0.25, -0.2) is 0 Å². The molecule has 0 spiro atoms. The van der Waals surface area contributed by atoms with Gasteiger partial charge in [0.05, 0.1) is 87.7 Å². The fourth-order valence-electron chi connectivity index (χ4n) is 7.18. The Morgan fingerprint density at radius 3 is 0.677 bits per heavy atom. The SMILES string of the molecule is CCCCOC(=O)C(C)CC(CC(CC(CC(CC(CC(CC)C(=O)OCCCC)C(=O)OCCCC)C(=O)OCCCC)C(=O)OCCCC)C(=O)OCCCC)C(=O)OCCCC. The second kappa shape index (κ2) is 39.5. The van der Waals surface area contributed by atoms with Gasteiger partial charge >= 0.3 is 41.8 Å². The molecule has 0 heterocycles. The number of hydrogen-bond acceptors (Lipinski definition) is 14. The van der Waals surface area contributed by atoms with Gasteiger partial charge in [-0.05, 0) is 89.9 Å². The summed E-state index contributed by atoms with van der Waals surface area (Å²) < 4.78 is 39.8. The van der Waals surface area contributed by atoms with E-state index < -0.39 is 83.2 Å². The quantitative estimate of drug-likeness (QED) is 0.0320. The molecule has 7 atom stereocenters. The van der Waals surface area contributed by atoms with E-state index in [0.29, 0.717) is 51.4 Å². The first-order valence-corrected chi connectivity index (χ1v) is 25.4. The van der Waals surface area contributed by atoms with Crippen LogP contribution in [0.2, 0.25) is 0 Å². The van der Waals surface area contributed by atoms with E-state index in [2.05, 4.69) is 0 Å². The van der Waals surface area contributed by atoms with Crippen LogP contribution in [0.5, 0.6) is 0 Å². The Kier molecular flexibility index (Phi) is 37.2. The van der Waals surface area contributed by atoms with Gasteiger partial charge in [0.2, 0.25) is 0 Å². The topological polar surface area (TPSA) is 184 Å². The second-order valence-corrected chi connectivity index (χ2v) is 17.6. The Bertz CT molecular complexity index is 1320. The third kappa shape index (κ3) is 28.2. The molecule has 0 aliphatic heterocycles. The van der Waals surface area contributed by atoms with Gasteiger partial charge in [-0.15, -0.1) is 0 Å². The first-order chi connectivity index (χ1) is 31.3. The Morgan fingerprint density at radius 2 is 0.462 bits per heavy atom. The molecular formula is C51H90O14. The highest BCUT2D eigenvalue weighted by molar-refractivity contribution is 5.81. The van der Waals surface area contributed by atoms with E-state index in [1.807, 2.05) is 55.4 Å². The maximum atomic E-state index is 14.2. The minimum absolute atomic E-state index is 0.0357. The van der Waals surface area contributed by atoms with E-state index in [-0.39, 0.29) is 84.8 Å². The van der Waals surface area contributed by atoms with Crippen LogP contribution in [-0.2, 0) is 66.7 Å². The minimum atomic E-state index is -1.08. The fourth-order valence-corrected chi connectivity index (χ4v) is 7.18. The van der Waals surface area contributed by atoms with Crippen LogP contribution in [0.3, 0.4) is 0 Å². The molecule has 0 aromatic carbocycles. The van der Waals surface area contributed by atoms with Crippen LogP contribution in [0.4, 0.5) is 0 Å². The zero-order valence-corrected chi connectivity index (χ0v) is 42.1. The number of ether oxygens (including phenoxy) is 7. The average Bonchev–Trinajstić information content (AvgIpc) is 3.29. The fraction of sp³-hybridized carbons (Fsp3) is 0.863. The maximum absolute atomic E-state index is 14.2. The molecule has 0 rings (SSSR count). The van der Waals surface area contributed by atoms with Crippen molar-refractivity contribution in [2.24, 2.45) is 41.4 Å². The molecule has 0 amide bonds. The highest BCUT2D eigenvalue weighted by atomic mass is 16.6. The van der Waals surface area contributed by atoms with Gasteiger partial charge in [0.15, 0.2) is 0 Å². The van der Waals surface area contributed by atoms with E-state index in [1.165, 1.54) is 0 Å². The summed E-state index contributed by atoms with van der Waals surface area (Å²) in [5.41, 5.74) is 0. The van der Waals surface area contributed by atoms with Crippen molar-refractivity contribution in [2.45, 2.75) is 197 Å². The zero-order valence-electron chi connectivity index (χ0n) is 42.1. The van der Waals surface area contributed by atoms with Gasteiger partial charge in [-0.3, -0.25) is 33.6 Å². The lowest BCUT2D eigenvalue weighted by atomic mass is 9.78. The van der Waals surface area contributed by atoms with Crippen LogP contribution in [0.1, 0.15) is 197 Å². The summed E-state index contributed by atoms with van der Waals surface area (Å²) in [7, 11) is 0. The van der Waals surface area contributed by atoms with E-state index in [1.54, 1.807) is 6.92 Å². The van der Waals surface area contributed by atoms with Crippen molar-refractivity contribution in [3.05, 3.63) is 0 Å². The van der Waals surface area contributed by atoms with Gasteiger partial charge in [0.1, 0.15) is 0 Å². The summed E-state index contributed by atoms with van der Waals surface area (Å²) in [6.07, 6.45) is 9.92. The largest absolute Gasteiger partial charge is 0.465 e. The summed E-state index contributed by atoms with van der Waals surface area (Å²) in [6, 6.07) is 0. The standard InChI is InChI=1S/C51H90O14/c1-10-18-25-59-45(52)38(9)32-40(47(54)61-27-20-12-3)34-42(49(56)63-29-22-14-5)36-44(51(58)65-31-24-16-7)37-43(50(57)64-30-23-15-6)35-41(48(55)62-28-21-13-4)33-39(17-8)46(53)60-26-19-11-2/h38-44H,10-37H2,1-9H3. The Hall–Kier alpha value is -3.71. The highest BCUT2D eigenvalue weighted by Crippen LogP contribution is 2.35. The average molecular weight is 927 g/mol. The van der Waals surface area contributed by atoms with Crippen LogP contribution in [0.15, 0.2) is 0 Å². The Morgan fingerprint density at radius 1 is 0.277 bits per heavy atom. The van der Waals surface area contributed by atoms with E-state index >= 15 is 0 Å². The number of hydrogen-bond donors (Lipinski definition) is 0. The number of esters is 7. The molecule has 378 valence electrons. The lowest BCUT2D eigenvalue weighted by molar-refractivity contribution is -0.157. The molecule has 0 aromatic rings. The molecule has 0 fully saturated rings. The lowest BCUT2D eigenvalue weighted by Gasteiger charge is -2.29. The molecule has 0 aliphatic rings. The first kappa shape index (κ1) is 61.3. The normalized spacial score (nSPS) is 14.4. The van der Waals surface area contributed by atoms with Gasteiger partial charge in [0, 0.05) is 0 Å². The minimum Gasteiger partial charge on any atom is -0.465 e. The Balaban J connectivity index is 7.37. The van der Waals surface area contributed by atoms with Crippen molar-refractivity contribution in [1.82, 2.24) is 0 Å². The first-order valence-electron chi connectivity index (χ1n) is 25.4. The summed E-state index contributed by atoms with van der Waals surface area (Å²) in [6.45, 7) is 18.5. The van der Waals surface area contributed by atoms with Crippen molar-refractivity contribution in [1.29, 1.82) is 0 Å². The van der Waals surface area contributed by atoms with Gasteiger partial charge in [-0.1, -0.05) is 107 Å². The summed E-state index contributed by atoms with van der Waals surface area (Å²) in [5.74, 6) is -10.3. The lowest BCUT2D eigenvalue weighted by Crippen LogP contribution is -2.35. The van der Waals surface area contributed by atoms with Crippen molar-refractivity contribution in [3.8, 4) is 0 Å². The molecule has 65 heavy (non-hydrogen) atoms. The number of carbonyl (C=O) groups excluding carboxylic acids is 7. The molecule has 0 saturated carbocycles. The summed E-state index contributed by atoms with van der Waals surface area (Å²) >= 11 is 0. The van der Waals surface area contributed by atoms with Gasteiger partial charge < -0.3 is 33.2 Å². The smallest absolute Gasteiger partial charge is 0.308 e. The molecule has 7 unspecified atom stereocenters. The predicted molar refractivity (Wildman–Crippen MR) is 249 cm³/mol. The monoisotopic (exact) mass is 927 g/mol. The molecule has 0 N–H and O–H groups in total. The third-order valence-corrected chi connectivity index (χ3v) is 11.6. The highest BCUT2D eigenvalue weighted by Gasteiger charge is 2.40. The number of rotatable bonds is 41. The van der Waals surface area contributed by atoms with Crippen LogP contribution in [0, 0.1) is 41.4 Å². The van der Waals surface area contributed by atoms with Crippen LogP contribution >= 0.6 is 0 Å². The van der Waals surface area contributed by atoms with E-state index in [0.717, 1.165) is 44.9 Å².